The summed E-state index contributed by atoms with van der Waals surface area (Å²) >= 11 is 0. The van der Waals surface area contributed by atoms with Gasteiger partial charge in [0.1, 0.15) is 5.75 Å². The highest BCUT2D eigenvalue weighted by atomic mass is 16.5. The number of amides is 1. The zero-order valence-corrected chi connectivity index (χ0v) is 15.0. The maximum Gasteiger partial charge on any atom is 0.227 e. The number of hydrogen-bond acceptors (Lipinski definition) is 3. The van der Waals surface area contributed by atoms with Gasteiger partial charge in [-0.15, -0.1) is 0 Å². The number of methoxy groups -OCH3 is 1. The molecule has 1 aromatic carbocycles. The maximum atomic E-state index is 12.9. The lowest BCUT2D eigenvalue weighted by Gasteiger charge is -2.42. The molecule has 2 unspecified atom stereocenters. The number of likely N-dealkylation sites (tertiary alicyclic amines) is 1. The SMILES string of the molecule is COc1cccc(C2CCN(C(=O)C3CCCCC3(C)N)CC2)c1. The molecular weight excluding hydrogens is 300 g/mol. The first-order chi connectivity index (χ1) is 11.5. The van der Waals surface area contributed by atoms with Crippen molar-refractivity contribution < 1.29 is 9.53 Å². The Morgan fingerprint density at radius 2 is 2.00 bits per heavy atom. The monoisotopic (exact) mass is 330 g/mol. The molecule has 1 aliphatic carbocycles. The third-order valence-corrected chi connectivity index (χ3v) is 5.92. The van der Waals surface area contributed by atoms with Crippen LogP contribution in [-0.2, 0) is 4.79 Å². The Kier molecular flexibility index (Phi) is 5.14. The minimum atomic E-state index is -0.334. The molecule has 1 amide bonds. The Bertz CT molecular complexity index is 577. The topological polar surface area (TPSA) is 55.6 Å². The van der Waals surface area contributed by atoms with Crippen molar-refractivity contribution in [1.82, 2.24) is 4.90 Å². The number of hydrogen-bond donors (Lipinski definition) is 1. The van der Waals surface area contributed by atoms with E-state index in [1.807, 2.05) is 12.1 Å². The summed E-state index contributed by atoms with van der Waals surface area (Å²) in [6.45, 7) is 3.73. The lowest BCUT2D eigenvalue weighted by molar-refractivity contribution is -0.140. The van der Waals surface area contributed by atoms with E-state index < -0.39 is 0 Å². The molecule has 132 valence electrons. The number of ether oxygens (including phenoxy) is 1. The van der Waals surface area contributed by atoms with Gasteiger partial charge >= 0.3 is 0 Å². The number of nitrogens with zero attached hydrogens (tertiary/aromatic N) is 1. The van der Waals surface area contributed by atoms with Gasteiger partial charge in [0.05, 0.1) is 13.0 Å². The van der Waals surface area contributed by atoms with Gasteiger partial charge in [0.25, 0.3) is 0 Å². The van der Waals surface area contributed by atoms with E-state index in [-0.39, 0.29) is 17.4 Å². The molecule has 1 aliphatic heterocycles. The van der Waals surface area contributed by atoms with Crippen LogP contribution in [0, 0.1) is 5.92 Å². The van der Waals surface area contributed by atoms with Crippen LogP contribution in [0.15, 0.2) is 24.3 Å². The zero-order valence-electron chi connectivity index (χ0n) is 15.0. The van der Waals surface area contributed by atoms with Gasteiger partial charge < -0.3 is 15.4 Å². The van der Waals surface area contributed by atoms with Crippen molar-refractivity contribution in [3.63, 3.8) is 0 Å². The van der Waals surface area contributed by atoms with Crippen LogP contribution in [0.5, 0.6) is 5.75 Å². The number of carbonyl (C=O) groups excluding carboxylic acids is 1. The first kappa shape index (κ1) is 17.3. The Labute approximate surface area is 145 Å². The van der Waals surface area contributed by atoms with E-state index in [1.54, 1.807) is 7.11 Å². The van der Waals surface area contributed by atoms with Gasteiger partial charge in [-0.05, 0) is 56.2 Å². The predicted molar refractivity (Wildman–Crippen MR) is 96.1 cm³/mol. The van der Waals surface area contributed by atoms with Crippen LogP contribution in [0.1, 0.15) is 56.9 Å². The average Bonchev–Trinajstić information content (AvgIpc) is 2.61. The standard InChI is InChI=1S/C20H30N2O2/c1-20(21)11-4-3-8-18(20)19(23)22-12-9-15(10-13-22)16-6-5-7-17(14-16)24-2/h5-7,14-15,18H,3-4,8-13,21H2,1-2H3. The quantitative estimate of drug-likeness (QED) is 0.925. The highest BCUT2D eigenvalue weighted by molar-refractivity contribution is 5.80. The number of benzene rings is 1. The van der Waals surface area contributed by atoms with Crippen molar-refractivity contribution in [2.24, 2.45) is 11.7 Å². The minimum Gasteiger partial charge on any atom is -0.497 e. The molecular formula is C20H30N2O2. The van der Waals surface area contributed by atoms with E-state index >= 15 is 0 Å². The van der Waals surface area contributed by atoms with Crippen molar-refractivity contribution in [2.45, 2.75) is 56.9 Å². The lowest BCUT2D eigenvalue weighted by atomic mass is 9.73. The molecule has 2 N–H and O–H groups in total. The van der Waals surface area contributed by atoms with Crippen molar-refractivity contribution in [3.05, 3.63) is 29.8 Å². The Hall–Kier alpha value is -1.55. The molecule has 0 radical (unpaired) electrons. The summed E-state index contributed by atoms with van der Waals surface area (Å²) in [5, 5.41) is 0. The largest absolute Gasteiger partial charge is 0.497 e. The Morgan fingerprint density at radius 3 is 2.67 bits per heavy atom. The first-order valence-corrected chi connectivity index (χ1v) is 9.23. The van der Waals surface area contributed by atoms with Crippen molar-refractivity contribution in [2.75, 3.05) is 20.2 Å². The molecule has 0 aromatic heterocycles. The van der Waals surface area contributed by atoms with Gasteiger partial charge in [0, 0.05) is 18.6 Å². The van der Waals surface area contributed by atoms with E-state index in [0.29, 0.717) is 5.92 Å². The smallest absolute Gasteiger partial charge is 0.227 e. The second-order valence-corrected chi connectivity index (χ2v) is 7.68. The number of carbonyl (C=O) groups is 1. The Morgan fingerprint density at radius 1 is 1.25 bits per heavy atom. The normalized spacial score (nSPS) is 28.6. The first-order valence-electron chi connectivity index (χ1n) is 9.23. The van der Waals surface area contributed by atoms with Crippen molar-refractivity contribution in [1.29, 1.82) is 0 Å². The summed E-state index contributed by atoms with van der Waals surface area (Å²) in [5.74, 6) is 1.70. The second kappa shape index (κ2) is 7.14. The molecule has 2 atom stereocenters. The van der Waals surface area contributed by atoms with Crippen LogP contribution >= 0.6 is 0 Å². The molecule has 0 bridgehead atoms. The van der Waals surface area contributed by atoms with E-state index in [9.17, 15) is 4.79 Å². The Balaban J connectivity index is 1.61. The third-order valence-electron chi connectivity index (χ3n) is 5.92. The molecule has 1 saturated heterocycles. The second-order valence-electron chi connectivity index (χ2n) is 7.68. The third kappa shape index (κ3) is 3.59. The fraction of sp³-hybridized carbons (Fsp3) is 0.650. The van der Waals surface area contributed by atoms with Crippen LogP contribution in [0.4, 0.5) is 0 Å². The van der Waals surface area contributed by atoms with Crippen LogP contribution < -0.4 is 10.5 Å². The summed E-state index contributed by atoms with van der Waals surface area (Å²) in [4.78, 5) is 15.0. The van der Waals surface area contributed by atoms with Crippen LogP contribution in [-0.4, -0.2) is 36.5 Å². The summed E-state index contributed by atoms with van der Waals surface area (Å²) in [6, 6.07) is 8.32. The average molecular weight is 330 g/mol. The molecule has 1 saturated carbocycles. The molecule has 3 rings (SSSR count). The molecule has 4 nitrogen and oxygen atoms in total. The highest BCUT2D eigenvalue weighted by Crippen LogP contribution is 2.35. The molecule has 24 heavy (non-hydrogen) atoms. The zero-order chi connectivity index (χ0) is 17.2. The van der Waals surface area contributed by atoms with E-state index in [4.69, 9.17) is 10.5 Å². The van der Waals surface area contributed by atoms with Crippen LogP contribution in [0.25, 0.3) is 0 Å². The highest BCUT2D eigenvalue weighted by Gasteiger charge is 2.40. The molecule has 2 fully saturated rings. The van der Waals surface area contributed by atoms with Gasteiger partial charge in [0.15, 0.2) is 0 Å². The summed E-state index contributed by atoms with van der Waals surface area (Å²) < 4.78 is 5.33. The minimum absolute atomic E-state index is 0.000352. The number of rotatable bonds is 3. The summed E-state index contributed by atoms with van der Waals surface area (Å²) in [6.07, 6.45) is 6.23. The molecule has 1 aromatic rings. The van der Waals surface area contributed by atoms with E-state index in [2.05, 4.69) is 24.0 Å². The predicted octanol–water partition coefficient (Wildman–Crippen LogP) is 3.31. The number of piperidine rings is 1. The fourth-order valence-electron chi connectivity index (χ4n) is 4.31. The van der Waals surface area contributed by atoms with Gasteiger partial charge in [-0.25, -0.2) is 0 Å². The van der Waals surface area contributed by atoms with Crippen LogP contribution in [0.2, 0.25) is 0 Å². The summed E-state index contributed by atoms with van der Waals surface area (Å²) in [5.41, 5.74) is 7.41. The molecule has 4 heteroatoms. The molecule has 1 heterocycles. The molecule has 2 aliphatic rings. The van der Waals surface area contributed by atoms with Gasteiger partial charge in [-0.3, -0.25) is 4.79 Å². The summed E-state index contributed by atoms with van der Waals surface area (Å²) in [7, 11) is 1.70. The lowest BCUT2D eigenvalue weighted by Crippen LogP contribution is -2.54. The van der Waals surface area contributed by atoms with E-state index in [1.165, 1.54) is 5.56 Å². The van der Waals surface area contributed by atoms with Gasteiger partial charge in [-0.2, -0.15) is 0 Å². The maximum absolute atomic E-state index is 12.9. The van der Waals surface area contributed by atoms with Gasteiger partial charge in [-0.1, -0.05) is 25.0 Å². The van der Waals surface area contributed by atoms with Gasteiger partial charge in [0.2, 0.25) is 5.91 Å². The van der Waals surface area contributed by atoms with Crippen molar-refractivity contribution in [3.8, 4) is 5.75 Å². The van der Waals surface area contributed by atoms with E-state index in [0.717, 1.165) is 57.4 Å². The van der Waals surface area contributed by atoms with Crippen LogP contribution in [0.3, 0.4) is 0 Å². The fourth-order valence-corrected chi connectivity index (χ4v) is 4.31. The van der Waals surface area contributed by atoms with Crippen molar-refractivity contribution >= 4 is 5.91 Å². The molecule has 0 spiro atoms. The number of nitrogens with two attached hydrogens (primary N) is 1.